The minimum atomic E-state index is -0.0436. The maximum absolute atomic E-state index is 13.6. The summed E-state index contributed by atoms with van der Waals surface area (Å²) in [6, 6.07) is 7.97. The molecule has 0 atom stereocenters. The maximum Gasteiger partial charge on any atom is 0.260 e. The minimum Gasteiger partial charge on any atom is -0.357 e. The summed E-state index contributed by atoms with van der Waals surface area (Å²) in [5.41, 5.74) is 3.31. The zero-order valence-corrected chi connectivity index (χ0v) is 20.4. The third kappa shape index (κ3) is 3.94. The Hall–Kier alpha value is -3.33. The number of hydrogen-bond acceptors (Lipinski definition) is 7. The van der Waals surface area contributed by atoms with Crippen LogP contribution < -0.4 is 15.1 Å². The number of nitrogens with one attached hydrogen (secondary N) is 1. The van der Waals surface area contributed by atoms with Crippen molar-refractivity contribution in [3.8, 4) is 11.5 Å². The van der Waals surface area contributed by atoms with E-state index in [-0.39, 0.29) is 11.9 Å². The average Bonchev–Trinajstić information content (AvgIpc) is 3.31. The summed E-state index contributed by atoms with van der Waals surface area (Å²) in [5, 5.41) is 12.1. The van der Waals surface area contributed by atoms with Gasteiger partial charge in [-0.2, -0.15) is 0 Å². The molecule has 34 heavy (non-hydrogen) atoms. The molecule has 1 amide bonds. The van der Waals surface area contributed by atoms with Crippen molar-refractivity contribution in [1.82, 2.24) is 30.0 Å². The number of fused-ring (bicyclic) bond motifs is 2. The van der Waals surface area contributed by atoms with Gasteiger partial charge in [-0.1, -0.05) is 12.5 Å². The molecule has 5 rings (SSSR count). The molecule has 5 heterocycles. The summed E-state index contributed by atoms with van der Waals surface area (Å²) in [4.78, 5) is 27.1. The van der Waals surface area contributed by atoms with Crippen LogP contribution in [-0.4, -0.2) is 50.8 Å². The fourth-order valence-corrected chi connectivity index (χ4v) is 4.67. The van der Waals surface area contributed by atoms with Crippen LogP contribution in [0.15, 0.2) is 24.3 Å². The number of carbonyl (C=O) groups excluding carboxylic acids is 1. The zero-order chi connectivity index (χ0) is 23.8. The first kappa shape index (κ1) is 22.5. The minimum absolute atomic E-state index is 0.0436. The number of pyridine rings is 2. The number of rotatable bonds is 6. The second kappa shape index (κ2) is 9.13. The molecule has 3 aromatic rings. The van der Waals surface area contributed by atoms with Crippen molar-refractivity contribution in [2.45, 2.75) is 65.2 Å². The van der Waals surface area contributed by atoms with Crippen LogP contribution in [0.3, 0.4) is 0 Å². The molecule has 0 aliphatic carbocycles. The van der Waals surface area contributed by atoms with E-state index in [0.717, 1.165) is 60.2 Å². The van der Waals surface area contributed by atoms with Gasteiger partial charge in [0.2, 0.25) is 0 Å². The number of hydrogen-bond donors (Lipinski definition) is 1. The van der Waals surface area contributed by atoms with Crippen molar-refractivity contribution in [1.29, 1.82) is 0 Å². The molecule has 0 aromatic carbocycles. The molecule has 9 nitrogen and oxygen atoms in total. The fraction of sp³-hybridized carbons (Fsp3) is 0.480. The lowest BCUT2D eigenvalue weighted by Crippen LogP contribution is -2.27. The number of nitrogens with zero attached hydrogens (tertiary/aromatic N) is 7. The van der Waals surface area contributed by atoms with Crippen molar-refractivity contribution in [3.63, 3.8) is 0 Å². The molecule has 3 aromatic heterocycles. The molecular weight excluding hydrogens is 428 g/mol. The Morgan fingerprint density at radius 3 is 2.79 bits per heavy atom. The number of anilines is 2. The standard InChI is InChI=1S/C25H32N8O/c1-16(2)31(4)23-13-17-18(20(28-23)14-26-3)15-33(25(17)34)21-11-8-9-19(27-21)24-30-29-22-10-6-5-7-12-32(22)24/h8-9,11,13,16,26H,5-7,10,12,14-15H2,1-4H3. The van der Waals surface area contributed by atoms with E-state index in [0.29, 0.717) is 24.5 Å². The summed E-state index contributed by atoms with van der Waals surface area (Å²) < 4.78 is 2.18. The van der Waals surface area contributed by atoms with Crippen LogP contribution in [0.1, 0.15) is 60.5 Å². The van der Waals surface area contributed by atoms with Crippen LogP contribution >= 0.6 is 0 Å². The third-order valence-electron chi connectivity index (χ3n) is 6.82. The van der Waals surface area contributed by atoms with E-state index in [1.54, 1.807) is 4.90 Å². The maximum atomic E-state index is 13.6. The van der Waals surface area contributed by atoms with Crippen LogP contribution in [0.4, 0.5) is 11.6 Å². The first-order valence-corrected chi connectivity index (χ1v) is 12.1. The molecule has 0 spiro atoms. The third-order valence-corrected chi connectivity index (χ3v) is 6.82. The van der Waals surface area contributed by atoms with E-state index in [2.05, 4.69) is 38.8 Å². The molecule has 0 fully saturated rings. The van der Waals surface area contributed by atoms with Crippen LogP contribution in [0.5, 0.6) is 0 Å². The van der Waals surface area contributed by atoms with Crippen molar-refractivity contribution in [2.75, 3.05) is 23.9 Å². The van der Waals surface area contributed by atoms with Gasteiger partial charge in [0.05, 0.1) is 17.8 Å². The van der Waals surface area contributed by atoms with E-state index in [9.17, 15) is 4.79 Å². The average molecular weight is 461 g/mol. The van der Waals surface area contributed by atoms with Gasteiger partial charge in [-0.05, 0) is 51.9 Å². The van der Waals surface area contributed by atoms with Crippen LogP contribution in [0.2, 0.25) is 0 Å². The van der Waals surface area contributed by atoms with Crippen molar-refractivity contribution < 1.29 is 4.79 Å². The Morgan fingerprint density at radius 2 is 2.00 bits per heavy atom. The monoisotopic (exact) mass is 460 g/mol. The molecule has 178 valence electrons. The van der Waals surface area contributed by atoms with Crippen LogP contribution in [-0.2, 0) is 26.1 Å². The number of aryl methyl sites for hydroxylation is 1. The lowest BCUT2D eigenvalue weighted by atomic mass is 10.1. The Morgan fingerprint density at radius 1 is 1.15 bits per heavy atom. The highest BCUT2D eigenvalue weighted by molar-refractivity contribution is 6.10. The van der Waals surface area contributed by atoms with Crippen molar-refractivity contribution in [2.24, 2.45) is 0 Å². The highest BCUT2D eigenvalue weighted by Gasteiger charge is 2.33. The number of carbonyl (C=O) groups is 1. The predicted molar refractivity (Wildman–Crippen MR) is 132 cm³/mol. The molecule has 9 heteroatoms. The summed E-state index contributed by atoms with van der Waals surface area (Å²) in [5.74, 6) is 3.19. The lowest BCUT2D eigenvalue weighted by molar-refractivity contribution is 0.0996. The van der Waals surface area contributed by atoms with Gasteiger partial charge >= 0.3 is 0 Å². The van der Waals surface area contributed by atoms with Gasteiger partial charge in [-0.25, -0.2) is 9.97 Å². The molecule has 2 aliphatic heterocycles. The molecular formula is C25H32N8O. The molecule has 0 bridgehead atoms. The Labute approximate surface area is 200 Å². The largest absolute Gasteiger partial charge is 0.357 e. The van der Waals surface area contributed by atoms with E-state index in [4.69, 9.17) is 9.97 Å². The molecule has 0 radical (unpaired) electrons. The van der Waals surface area contributed by atoms with Gasteiger partial charge in [0.25, 0.3) is 5.91 Å². The van der Waals surface area contributed by atoms with Crippen molar-refractivity contribution >= 4 is 17.5 Å². The fourth-order valence-electron chi connectivity index (χ4n) is 4.67. The van der Waals surface area contributed by atoms with Gasteiger partial charge < -0.3 is 14.8 Å². The molecule has 2 aliphatic rings. The highest BCUT2D eigenvalue weighted by atomic mass is 16.2. The van der Waals surface area contributed by atoms with Crippen LogP contribution in [0, 0.1) is 0 Å². The molecule has 1 N–H and O–H groups in total. The second-order valence-corrected chi connectivity index (χ2v) is 9.36. The highest BCUT2D eigenvalue weighted by Crippen LogP contribution is 2.33. The van der Waals surface area contributed by atoms with Crippen LogP contribution in [0.25, 0.3) is 11.5 Å². The zero-order valence-electron chi connectivity index (χ0n) is 20.4. The predicted octanol–water partition coefficient (Wildman–Crippen LogP) is 3.19. The summed E-state index contributed by atoms with van der Waals surface area (Å²) in [6.07, 6.45) is 4.41. The summed E-state index contributed by atoms with van der Waals surface area (Å²) in [7, 11) is 3.90. The topological polar surface area (TPSA) is 92.1 Å². The lowest BCUT2D eigenvalue weighted by Gasteiger charge is -2.24. The van der Waals surface area contributed by atoms with Gasteiger partial charge in [0, 0.05) is 38.2 Å². The summed E-state index contributed by atoms with van der Waals surface area (Å²) in [6.45, 7) is 6.19. The quantitative estimate of drug-likeness (QED) is 0.604. The molecule has 0 saturated heterocycles. The van der Waals surface area contributed by atoms with Gasteiger partial charge in [0.1, 0.15) is 23.2 Å². The normalized spacial score (nSPS) is 15.4. The Kier molecular flexibility index (Phi) is 6.03. The Bertz CT molecular complexity index is 1220. The SMILES string of the molecule is CNCc1nc(N(C)C(C)C)cc2c1CN(c1cccc(-c3nnc4n3CCCCC4)n1)C2=O. The summed E-state index contributed by atoms with van der Waals surface area (Å²) >= 11 is 0. The molecule has 0 saturated carbocycles. The van der Waals surface area contributed by atoms with E-state index >= 15 is 0 Å². The van der Waals surface area contributed by atoms with Gasteiger partial charge in [-0.3, -0.25) is 9.69 Å². The van der Waals surface area contributed by atoms with Gasteiger partial charge in [-0.15, -0.1) is 10.2 Å². The van der Waals surface area contributed by atoms with E-state index in [1.165, 1.54) is 6.42 Å². The number of aromatic nitrogens is 5. The first-order valence-electron chi connectivity index (χ1n) is 12.1. The van der Waals surface area contributed by atoms with E-state index in [1.807, 2.05) is 38.4 Å². The molecule has 0 unspecified atom stereocenters. The van der Waals surface area contributed by atoms with E-state index < -0.39 is 0 Å². The van der Waals surface area contributed by atoms with Crippen molar-refractivity contribution in [3.05, 3.63) is 46.9 Å². The smallest absolute Gasteiger partial charge is 0.260 e. The number of amides is 1. The second-order valence-electron chi connectivity index (χ2n) is 9.36. The Balaban J connectivity index is 1.50. The first-order chi connectivity index (χ1) is 16.5. The van der Waals surface area contributed by atoms with Gasteiger partial charge in [0.15, 0.2) is 5.82 Å².